The molecule has 22 nitrogen and oxygen atoms in total. The van der Waals surface area contributed by atoms with Crippen LogP contribution in [0.25, 0.3) is 0 Å². The molecule has 0 unspecified atom stereocenters. The van der Waals surface area contributed by atoms with Crippen LogP contribution < -0.4 is 37.6 Å². The summed E-state index contributed by atoms with van der Waals surface area (Å²) in [6, 6.07) is 11.6. The number of nitrogens with two attached hydrogens (primary N) is 1. The second-order valence-electron chi connectivity index (χ2n) is 25.4. The molecule has 2 aromatic carbocycles. The fraction of sp³-hybridized carbons (Fsp3) is 0.646. The van der Waals surface area contributed by atoms with E-state index in [4.69, 9.17) is 19.9 Å². The average molecular weight is 1250 g/mol. The lowest BCUT2D eigenvalue weighted by Gasteiger charge is -2.41. The number of hydrogen-bond acceptors (Lipinski definition) is 14. The summed E-state index contributed by atoms with van der Waals surface area (Å²) in [5.74, 6) is -3.55. The summed E-state index contributed by atoms with van der Waals surface area (Å²) in [5.41, 5.74) is 6.91. The highest BCUT2D eigenvalue weighted by molar-refractivity contribution is 7.09. The number of likely N-dealkylation sites (N-methyl/N-ethyl adjacent to an activating group) is 2. The van der Waals surface area contributed by atoms with E-state index >= 15 is 0 Å². The van der Waals surface area contributed by atoms with Crippen molar-refractivity contribution in [2.45, 2.75) is 195 Å². The van der Waals surface area contributed by atoms with Gasteiger partial charge in [0.05, 0.1) is 48.7 Å². The Hall–Kier alpha value is -6.69. The van der Waals surface area contributed by atoms with Crippen molar-refractivity contribution in [3.63, 3.8) is 0 Å². The van der Waals surface area contributed by atoms with Crippen molar-refractivity contribution in [3.05, 3.63) is 82.3 Å². The minimum Gasteiger partial charge on any atom is -0.444 e. The summed E-state index contributed by atoms with van der Waals surface area (Å²) < 4.78 is 17.6. The number of nitrogens with zero attached hydrogens (tertiary/aromatic N) is 4. The molecule has 1 saturated heterocycles. The monoisotopic (exact) mass is 1250 g/mol. The Kier molecular flexibility index (Phi) is 29.8. The van der Waals surface area contributed by atoms with Crippen molar-refractivity contribution < 1.29 is 52.6 Å². The van der Waals surface area contributed by atoms with E-state index in [1.54, 1.807) is 79.1 Å². The van der Waals surface area contributed by atoms with Gasteiger partial charge in [0, 0.05) is 58.2 Å². The molecule has 1 aromatic heterocycles. The lowest BCUT2D eigenvalue weighted by atomic mass is 9.89. The van der Waals surface area contributed by atoms with E-state index in [9.17, 15) is 38.4 Å². The number of alkyl carbamates (subject to hydrolysis) is 1. The van der Waals surface area contributed by atoms with Crippen LogP contribution in [-0.4, -0.2) is 169 Å². The van der Waals surface area contributed by atoms with Crippen LogP contribution in [0.3, 0.4) is 0 Å². The van der Waals surface area contributed by atoms with Gasteiger partial charge < -0.3 is 61.6 Å². The molecule has 1 aliphatic rings. The normalized spacial score (nSPS) is 17.0. The third kappa shape index (κ3) is 22.4. The summed E-state index contributed by atoms with van der Waals surface area (Å²) in [4.78, 5) is 119. The zero-order valence-electron chi connectivity index (χ0n) is 55.0. The number of primary amides is 1. The molecule has 0 saturated carbocycles. The number of benzene rings is 2. The molecule has 11 atom stereocenters. The van der Waals surface area contributed by atoms with E-state index in [0.717, 1.165) is 22.6 Å². The molecular weight excluding hydrogens is 1140 g/mol. The predicted octanol–water partition coefficient (Wildman–Crippen LogP) is 7.22. The summed E-state index contributed by atoms with van der Waals surface area (Å²) >= 11 is 1.49. The molecule has 1 fully saturated rings. The van der Waals surface area contributed by atoms with Crippen LogP contribution >= 0.6 is 11.3 Å². The fourth-order valence-corrected chi connectivity index (χ4v) is 12.2. The molecule has 8 N–H and O–H groups in total. The Morgan fingerprint density at radius 1 is 0.784 bits per heavy atom. The Labute approximate surface area is 526 Å². The van der Waals surface area contributed by atoms with Gasteiger partial charge in [-0.25, -0.2) is 14.6 Å². The number of amides is 9. The summed E-state index contributed by atoms with van der Waals surface area (Å²) in [7, 11) is 6.73. The standard InChI is InChI=1S/C65H103N11O11S/c1-17-42(8)55(50(85-15)38-51(77)76-34-22-26-49(76)56(86-16)43(9)57(78)71-48(61-67-33-36-88-61)37-45-23-19-18-20-24-45)75(14)62(82)53(40(4)5)72-60(81)54(41(6)7)74(13)35-31-44-27-29-46(30-28-44)69-58(79)47(25-21-32-68-63(66)83)70-59(80)52(39(2)3)73-64(84)87-65(10,11)12/h18-20,23-24,27-30,33,36,39-43,47-50,52-56H,17,21-22,25-26,31-32,34-35,37-38H2,1-16H3,(H,69,79)(H,70,80)(H,71,78)(H,72,81)(H,73,84)(H3,66,68,83)/t42-,43+,47-,48-,49-,50+,52-,53-,54-,55-,56+/m0/s1. The van der Waals surface area contributed by atoms with Crippen LogP contribution in [0.1, 0.15) is 144 Å². The molecular formula is C65H103N11O11S. The van der Waals surface area contributed by atoms with Gasteiger partial charge >= 0.3 is 12.1 Å². The first-order valence-electron chi connectivity index (χ1n) is 31.1. The van der Waals surface area contributed by atoms with Crippen LogP contribution in [0.15, 0.2) is 66.2 Å². The van der Waals surface area contributed by atoms with Crippen LogP contribution in [0, 0.1) is 29.6 Å². The highest BCUT2D eigenvalue weighted by Crippen LogP contribution is 2.31. The van der Waals surface area contributed by atoms with Gasteiger partial charge in [0.2, 0.25) is 35.4 Å². The molecule has 0 bridgehead atoms. The van der Waals surface area contributed by atoms with Gasteiger partial charge in [0.25, 0.3) is 0 Å². The van der Waals surface area contributed by atoms with Crippen LogP contribution in [0.5, 0.6) is 0 Å². The van der Waals surface area contributed by atoms with Crippen LogP contribution in [-0.2, 0) is 55.8 Å². The number of ether oxygens (including phenoxy) is 3. The first-order valence-corrected chi connectivity index (χ1v) is 32.0. The smallest absolute Gasteiger partial charge is 0.408 e. The first kappa shape index (κ1) is 73.8. The molecule has 23 heteroatoms. The molecule has 4 rings (SSSR count). The molecule has 3 aromatic rings. The molecule has 9 amide bonds. The van der Waals surface area contributed by atoms with Crippen LogP contribution in [0.4, 0.5) is 15.3 Å². The molecule has 0 spiro atoms. The highest BCUT2D eigenvalue weighted by atomic mass is 32.1. The van der Waals surface area contributed by atoms with Crippen molar-refractivity contribution in [2.24, 2.45) is 35.3 Å². The maximum Gasteiger partial charge on any atom is 0.408 e. The number of likely N-dealkylation sites (tertiary alicyclic amines) is 1. The zero-order valence-corrected chi connectivity index (χ0v) is 55.8. The minimum atomic E-state index is -1.04. The van der Waals surface area contributed by atoms with Crippen molar-refractivity contribution in [2.75, 3.05) is 53.3 Å². The second kappa shape index (κ2) is 35.5. The average Bonchev–Trinajstić information content (AvgIpc) is 3.85. The van der Waals surface area contributed by atoms with Gasteiger partial charge in [-0.2, -0.15) is 0 Å². The Morgan fingerprint density at radius 3 is 2.00 bits per heavy atom. The van der Waals surface area contributed by atoms with Gasteiger partial charge in [-0.3, -0.25) is 33.7 Å². The Morgan fingerprint density at radius 2 is 1.44 bits per heavy atom. The maximum atomic E-state index is 14.9. The predicted molar refractivity (Wildman–Crippen MR) is 343 cm³/mol. The Balaban J connectivity index is 1.42. The molecule has 88 heavy (non-hydrogen) atoms. The fourth-order valence-electron chi connectivity index (χ4n) is 11.5. The molecule has 490 valence electrons. The third-order valence-corrected chi connectivity index (χ3v) is 17.3. The van der Waals surface area contributed by atoms with Crippen molar-refractivity contribution in [1.82, 2.24) is 46.3 Å². The maximum absolute atomic E-state index is 14.9. The van der Waals surface area contributed by atoms with Gasteiger partial charge in [0.15, 0.2) is 0 Å². The number of urea groups is 1. The third-order valence-electron chi connectivity index (χ3n) is 16.4. The van der Waals surface area contributed by atoms with E-state index in [1.165, 1.54) is 11.3 Å². The summed E-state index contributed by atoms with van der Waals surface area (Å²) in [6.07, 6.45) is 3.26. The Bertz CT molecular complexity index is 2690. The summed E-state index contributed by atoms with van der Waals surface area (Å²) in [5, 5.41) is 19.8. The van der Waals surface area contributed by atoms with Gasteiger partial charge in [-0.05, 0) is 113 Å². The lowest BCUT2D eigenvalue weighted by Crippen LogP contribution is -2.60. The van der Waals surface area contributed by atoms with E-state index in [-0.39, 0.29) is 78.8 Å². The van der Waals surface area contributed by atoms with Crippen molar-refractivity contribution >= 4 is 64.6 Å². The zero-order chi connectivity index (χ0) is 65.6. The number of carbonyl (C=O) groups excluding carboxylic acids is 8. The number of hydrogen-bond donors (Lipinski definition) is 7. The van der Waals surface area contributed by atoms with Crippen LogP contribution in [0.2, 0.25) is 0 Å². The number of aromatic nitrogens is 1. The van der Waals surface area contributed by atoms with E-state index in [0.29, 0.717) is 50.9 Å². The van der Waals surface area contributed by atoms with Crippen molar-refractivity contribution in [1.29, 1.82) is 0 Å². The number of thiazole rings is 1. The first-order chi connectivity index (χ1) is 41.5. The number of methoxy groups -OCH3 is 2. The van der Waals surface area contributed by atoms with E-state index in [1.807, 2.05) is 113 Å². The number of rotatable bonds is 34. The number of anilines is 1. The number of carbonyl (C=O) groups is 8. The molecule has 0 radical (unpaired) electrons. The second-order valence-corrected chi connectivity index (χ2v) is 26.3. The van der Waals surface area contributed by atoms with Crippen molar-refractivity contribution in [3.8, 4) is 0 Å². The van der Waals surface area contributed by atoms with Gasteiger partial charge in [0.1, 0.15) is 28.7 Å². The van der Waals surface area contributed by atoms with Gasteiger partial charge in [-0.1, -0.05) is 111 Å². The topological polar surface area (TPSA) is 285 Å². The summed E-state index contributed by atoms with van der Waals surface area (Å²) in [6.45, 7) is 23.4. The SMILES string of the molecule is CC[C@H](C)[C@@H]([C@@H](CC(=O)N1CCC[C@H]1[C@H](OC)[C@@H](C)C(=O)N[C@@H](Cc1ccccc1)c1nccs1)OC)N(C)C(=O)[C@@H](NC(=O)[C@H](C(C)C)N(C)CCc1ccc(NC(=O)[C@H](CCCNC(N)=O)NC(=O)[C@@H](NC(=O)OC(C)(C)C)C(C)C)cc1)C(C)C. The van der Waals surface area contributed by atoms with E-state index in [2.05, 4.69) is 36.9 Å². The highest BCUT2D eigenvalue weighted by Gasteiger charge is 2.44. The largest absolute Gasteiger partial charge is 0.444 e. The quantitative estimate of drug-likeness (QED) is 0.0291. The molecule has 1 aliphatic heterocycles. The number of nitrogens with one attached hydrogen (secondary N) is 6. The van der Waals surface area contributed by atoms with Gasteiger partial charge in [-0.15, -0.1) is 11.3 Å². The molecule has 2 heterocycles. The lowest BCUT2D eigenvalue weighted by molar-refractivity contribution is -0.148. The molecule has 0 aliphatic carbocycles. The van der Waals surface area contributed by atoms with E-state index < -0.39 is 77.9 Å². The minimum absolute atomic E-state index is 0.0218.